The Morgan fingerprint density at radius 3 is 2.86 bits per heavy atom. The standard InChI is InChI=1S/C16H20FN3OS/c1-12-15(22-11-19-12)6-10-20-8-4-13(5-9-20)21-16-14(17)3-2-7-18-16/h2-3,7,11,13H,4-6,8-10H2,1H3. The molecule has 118 valence electrons. The maximum absolute atomic E-state index is 13.5. The molecule has 0 aliphatic carbocycles. The monoisotopic (exact) mass is 321 g/mol. The molecule has 1 fully saturated rings. The van der Waals surface area contributed by atoms with Gasteiger partial charge >= 0.3 is 0 Å². The van der Waals surface area contributed by atoms with Gasteiger partial charge in [-0.15, -0.1) is 11.3 Å². The van der Waals surface area contributed by atoms with E-state index in [4.69, 9.17) is 4.74 Å². The van der Waals surface area contributed by atoms with Crippen LogP contribution in [0.15, 0.2) is 23.8 Å². The molecule has 22 heavy (non-hydrogen) atoms. The number of pyridine rings is 1. The highest BCUT2D eigenvalue weighted by Gasteiger charge is 2.22. The van der Waals surface area contributed by atoms with Crippen LogP contribution < -0.4 is 4.74 Å². The number of hydrogen-bond acceptors (Lipinski definition) is 5. The first-order valence-corrected chi connectivity index (χ1v) is 8.49. The molecule has 3 heterocycles. The lowest BCUT2D eigenvalue weighted by Gasteiger charge is -2.31. The zero-order chi connectivity index (χ0) is 15.4. The Bertz CT molecular complexity index is 611. The van der Waals surface area contributed by atoms with Gasteiger partial charge in [0.15, 0.2) is 5.82 Å². The predicted molar refractivity (Wildman–Crippen MR) is 84.8 cm³/mol. The summed E-state index contributed by atoms with van der Waals surface area (Å²) in [6.07, 6.45) is 4.50. The van der Waals surface area contributed by atoms with Gasteiger partial charge in [-0.25, -0.2) is 14.4 Å². The first-order valence-electron chi connectivity index (χ1n) is 7.61. The van der Waals surface area contributed by atoms with Crippen molar-refractivity contribution < 1.29 is 9.13 Å². The summed E-state index contributed by atoms with van der Waals surface area (Å²) in [7, 11) is 0. The molecule has 1 aliphatic rings. The zero-order valence-electron chi connectivity index (χ0n) is 12.7. The lowest BCUT2D eigenvalue weighted by atomic mass is 10.1. The van der Waals surface area contributed by atoms with E-state index < -0.39 is 0 Å². The molecular weight excluding hydrogens is 301 g/mol. The maximum Gasteiger partial charge on any atom is 0.250 e. The van der Waals surface area contributed by atoms with E-state index in [1.807, 2.05) is 5.51 Å². The number of halogens is 1. The molecule has 2 aromatic heterocycles. The second-order valence-electron chi connectivity index (χ2n) is 5.56. The minimum Gasteiger partial charge on any atom is -0.472 e. The SMILES string of the molecule is Cc1ncsc1CCN1CCC(Oc2ncccc2F)CC1. The van der Waals surface area contributed by atoms with Crippen molar-refractivity contribution >= 4 is 11.3 Å². The van der Waals surface area contributed by atoms with E-state index in [2.05, 4.69) is 21.8 Å². The van der Waals surface area contributed by atoms with E-state index in [0.29, 0.717) is 0 Å². The number of nitrogens with zero attached hydrogens (tertiary/aromatic N) is 3. The highest BCUT2D eigenvalue weighted by atomic mass is 32.1. The van der Waals surface area contributed by atoms with Gasteiger partial charge in [0.2, 0.25) is 0 Å². The minimum atomic E-state index is -0.384. The Kier molecular flexibility index (Phi) is 5.00. The van der Waals surface area contributed by atoms with Crippen LogP contribution in [0.4, 0.5) is 4.39 Å². The first-order chi connectivity index (χ1) is 10.7. The van der Waals surface area contributed by atoms with Crippen molar-refractivity contribution in [1.29, 1.82) is 0 Å². The van der Waals surface area contributed by atoms with Gasteiger partial charge in [-0.2, -0.15) is 0 Å². The summed E-state index contributed by atoms with van der Waals surface area (Å²) in [6, 6.07) is 2.96. The van der Waals surface area contributed by atoms with Crippen molar-refractivity contribution in [3.05, 3.63) is 40.2 Å². The third-order valence-corrected chi connectivity index (χ3v) is 5.03. The molecule has 1 aliphatic heterocycles. The van der Waals surface area contributed by atoms with Crippen LogP contribution in [-0.2, 0) is 6.42 Å². The summed E-state index contributed by atoms with van der Waals surface area (Å²) >= 11 is 1.73. The summed E-state index contributed by atoms with van der Waals surface area (Å²) in [5.74, 6) is -0.258. The summed E-state index contributed by atoms with van der Waals surface area (Å²) in [4.78, 5) is 12.0. The van der Waals surface area contributed by atoms with E-state index in [-0.39, 0.29) is 17.8 Å². The van der Waals surface area contributed by atoms with Gasteiger partial charge in [-0.1, -0.05) is 0 Å². The Morgan fingerprint density at radius 1 is 1.36 bits per heavy atom. The van der Waals surface area contributed by atoms with Crippen LogP contribution in [0, 0.1) is 12.7 Å². The van der Waals surface area contributed by atoms with Crippen LogP contribution in [0.25, 0.3) is 0 Å². The Morgan fingerprint density at radius 2 is 2.18 bits per heavy atom. The van der Waals surface area contributed by atoms with Gasteiger partial charge in [0.1, 0.15) is 6.10 Å². The largest absolute Gasteiger partial charge is 0.472 e. The summed E-state index contributed by atoms with van der Waals surface area (Å²) in [6.45, 7) is 5.08. The van der Waals surface area contributed by atoms with Crippen LogP contribution in [0.2, 0.25) is 0 Å². The van der Waals surface area contributed by atoms with Gasteiger partial charge in [-0.3, -0.25) is 0 Å². The Hall–Kier alpha value is -1.53. The number of aryl methyl sites for hydroxylation is 1. The molecule has 0 unspecified atom stereocenters. The number of ether oxygens (including phenoxy) is 1. The quantitative estimate of drug-likeness (QED) is 0.848. The first kappa shape index (κ1) is 15.4. The Balaban J connectivity index is 1.44. The van der Waals surface area contributed by atoms with Crippen molar-refractivity contribution in [2.75, 3.05) is 19.6 Å². The fourth-order valence-electron chi connectivity index (χ4n) is 2.69. The van der Waals surface area contributed by atoms with Crippen molar-refractivity contribution in [3.63, 3.8) is 0 Å². The van der Waals surface area contributed by atoms with Crippen molar-refractivity contribution in [3.8, 4) is 5.88 Å². The minimum absolute atomic E-state index is 0.0609. The molecule has 0 radical (unpaired) electrons. The molecular formula is C16H20FN3OS. The van der Waals surface area contributed by atoms with Crippen LogP contribution in [0.3, 0.4) is 0 Å². The number of aromatic nitrogens is 2. The molecule has 0 bridgehead atoms. The molecule has 3 rings (SSSR count). The summed E-state index contributed by atoms with van der Waals surface area (Å²) in [5.41, 5.74) is 3.06. The maximum atomic E-state index is 13.5. The molecule has 6 heteroatoms. The fourth-order valence-corrected chi connectivity index (χ4v) is 3.46. The molecule has 1 saturated heterocycles. The van der Waals surface area contributed by atoms with E-state index in [9.17, 15) is 4.39 Å². The normalized spacial score (nSPS) is 16.8. The highest BCUT2D eigenvalue weighted by Crippen LogP contribution is 2.20. The van der Waals surface area contributed by atoms with E-state index >= 15 is 0 Å². The summed E-state index contributed by atoms with van der Waals surface area (Å²) < 4.78 is 19.2. The van der Waals surface area contributed by atoms with Crippen LogP contribution in [-0.4, -0.2) is 40.6 Å². The highest BCUT2D eigenvalue weighted by molar-refractivity contribution is 7.09. The number of likely N-dealkylation sites (tertiary alicyclic amines) is 1. The van der Waals surface area contributed by atoms with Gasteiger partial charge < -0.3 is 9.64 Å². The summed E-state index contributed by atoms with van der Waals surface area (Å²) in [5, 5.41) is 0. The molecule has 0 saturated carbocycles. The van der Waals surface area contributed by atoms with Gasteiger partial charge in [0.05, 0.1) is 11.2 Å². The second-order valence-corrected chi connectivity index (χ2v) is 6.50. The van der Waals surface area contributed by atoms with Gasteiger partial charge in [-0.05, 0) is 38.3 Å². The van der Waals surface area contributed by atoms with Crippen LogP contribution >= 0.6 is 11.3 Å². The average molecular weight is 321 g/mol. The predicted octanol–water partition coefficient (Wildman–Crippen LogP) is 3.07. The number of piperidine rings is 1. The van der Waals surface area contributed by atoms with E-state index in [1.54, 1.807) is 23.6 Å². The average Bonchev–Trinajstić information content (AvgIpc) is 2.94. The number of rotatable bonds is 5. The third kappa shape index (κ3) is 3.81. The van der Waals surface area contributed by atoms with Gasteiger partial charge in [0, 0.05) is 30.7 Å². The zero-order valence-corrected chi connectivity index (χ0v) is 13.5. The van der Waals surface area contributed by atoms with Crippen molar-refractivity contribution in [2.24, 2.45) is 0 Å². The molecule has 0 atom stereocenters. The Labute approximate surface area is 134 Å². The smallest absolute Gasteiger partial charge is 0.250 e. The molecule has 0 aromatic carbocycles. The lowest BCUT2D eigenvalue weighted by Crippen LogP contribution is -2.39. The van der Waals surface area contributed by atoms with E-state index in [0.717, 1.165) is 44.6 Å². The van der Waals surface area contributed by atoms with Crippen molar-refractivity contribution in [2.45, 2.75) is 32.3 Å². The van der Waals surface area contributed by atoms with Gasteiger partial charge in [0.25, 0.3) is 5.88 Å². The molecule has 2 aromatic rings. The van der Waals surface area contributed by atoms with Crippen LogP contribution in [0.5, 0.6) is 5.88 Å². The molecule has 0 amide bonds. The fraction of sp³-hybridized carbons (Fsp3) is 0.500. The topological polar surface area (TPSA) is 38.2 Å². The molecule has 0 spiro atoms. The third-order valence-electron chi connectivity index (χ3n) is 4.04. The second kappa shape index (κ2) is 7.15. The van der Waals surface area contributed by atoms with Crippen LogP contribution in [0.1, 0.15) is 23.4 Å². The number of thiazole rings is 1. The van der Waals surface area contributed by atoms with E-state index in [1.165, 1.54) is 10.9 Å². The molecule has 4 nitrogen and oxygen atoms in total. The lowest BCUT2D eigenvalue weighted by molar-refractivity contribution is 0.0938. The number of hydrogen-bond donors (Lipinski definition) is 0. The molecule has 0 N–H and O–H groups in total. The van der Waals surface area contributed by atoms with Crippen molar-refractivity contribution in [1.82, 2.24) is 14.9 Å².